The molecule has 0 atom stereocenters. The van der Waals surface area contributed by atoms with E-state index in [9.17, 15) is 13.6 Å². The van der Waals surface area contributed by atoms with Crippen molar-refractivity contribution in [1.29, 1.82) is 0 Å². The van der Waals surface area contributed by atoms with Gasteiger partial charge in [0.25, 0.3) is 5.56 Å². The minimum atomic E-state index is -2.95. The van der Waals surface area contributed by atoms with Gasteiger partial charge in [0, 0.05) is 12.1 Å². The Hall–Kier alpha value is -4.02. The van der Waals surface area contributed by atoms with Crippen molar-refractivity contribution >= 4 is 22.9 Å². The predicted octanol–water partition coefficient (Wildman–Crippen LogP) is 3.22. The molecular weight excluding hydrogens is 424 g/mol. The number of rotatable bonds is 8. The molecular formula is C21H19F2N5O4. The van der Waals surface area contributed by atoms with E-state index in [1.807, 2.05) is 19.1 Å². The van der Waals surface area contributed by atoms with Crippen LogP contribution in [0.3, 0.4) is 0 Å². The highest BCUT2D eigenvalue weighted by atomic mass is 19.3. The molecule has 0 radical (unpaired) electrons. The Bertz CT molecular complexity index is 1350. The zero-order valence-corrected chi connectivity index (χ0v) is 17.2. The molecule has 11 heteroatoms. The molecule has 0 bridgehead atoms. The molecule has 0 aliphatic rings. The molecule has 0 N–H and O–H groups in total. The summed E-state index contributed by atoms with van der Waals surface area (Å²) in [6.45, 7) is -0.660. The highest BCUT2D eigenvalue weighted by Crippen LogP contribution is 2.29. The van der Waals surface area contributed by atoms with Crippen LogP contribution >= 0.6 is 0 Å². The van der Waals surface area contributed by atoms with E-state index in [-0.39, 0.29) is 23.7 Å². The third-order valence-corrected chi connectivity index (χ3v) is 4.76. The first-order valence-corrected chi connectivity index (χ1v) is 9.67. The molecule has 2 aromatic heterocycles. The van der Waals surface area contributed by atoms with Gasteiger partial charge in [0.2, 0.25) is 5.78 Å². The molecule has 0 fully saturated rings. The minimum Gasteiger partial charge on any atom is -0.493 e. The standard InChI is InChI=1S/C21H19F2N5O4/c1-3-27-19(29)14-6-4-5-7-15(14)28-18(25-26-21(27)28)12-31-24-11-13-8-9-16(32-20(22)23)17(10-13)30-2/h4-11,20H,3,12H2,1-2H3/b24-11+. The molecule has 0 spiro atoms. The van der Waals surface area contributed by atoms with Crippen LogP contribution in [0.2, 0.25) is 0 Å². The van der Waals surface area contributed by atoms with E-state index in [1.165, 1.54) is 36.1 Å². The number of hydrogen-bond acceptors (Lipinski definition) is 7. The maximum Gasteiger partial charge on any atom is 0.387 e. The van der Waals surface area contributed by atoms with Gasteiger partial charge in [0.05, 0.1) is 24.2 Å². The summed E-state index contributed by atoms with van der Waals surface area (Å²) >= 11 is 0. The number of ether oxygens (including phenoxy) is 2. The number of alkyl halides is 2. The van der Waals surface area contributed by atoms with Crippen molar-refractivity contribution in [2.75, 3.05) is 7.11 Å². The fraction of sp³-hybridized carbons (Fsp3) is 0.238. The van der Waals surface area contributed by atoms with Gasteiger partial charge in [-0.2, -0.15) is 8.78 Å². The second kappa shape index (κ2) is 9.00. The van der Waals surface area contributed by atoms with Gasteiger partial charge in [-0.05, 0) is 37.3 Å². The van der Waals surface area contributed by atoms with Gasteiger partial charge in [0.15, 0.2) is 23.9 Å². The van der Waals surface area contributed by atoms with Crippen molar-refractivity contribution < 1.29 is 23.1 Å². The van der Waals surface area contributed by atoms with Crippen LogP contribution in [0, 0.1) is 0 Å². The van der Waals surface area contributed by atoms with E-state index in [4.69, 9.17) is 9.57 Å². The summed E-state index contributed by atoms with van der Waals surface area (Å²) in [6, 6.07) is 11.6. The number of para-hydroxylation sites is 1. The topological polar surface area (TPSA) is 92.2 Å². The molecule has 9 nitrogen and oxygen atoms in total. The third-order valence-electron chi connectivity index (χ3n) is 4.76. The quantitative estimate of drug-likeness (QED) is 0.307. The average Bonchev–Trinajstić information content (AvgIpc) is 3.21. The summed E-state index contributed by atoms with van der Waals surface area (Å²) in [5.74, 6) is 0.943. The Morgan fingerprint density at radius 3 is 2.72 bits per heavy atom. The number of oxime groups is 1. The molecule has 32 heavy (non-hydrogen) atoms. The van der Waals surface area contributed by atoms with E-state index < -0.39 is 6.61 Å². The molecule has 0 aliphatic heterocycles. The van der Waals surface area contributed by atoms with Crippen LogP contribution in [0.4, 0.5) is 8.78 Å². The van der Waals surface area contributed by atoms with E-state index >= 15 is 0 Å². The molecule has 0 saturated heterocycles. The fourth-order valence-corrected chi connectivity index (χ4v) is 3.34. The lowest BCUT2D eigenvalue weighted by molar-refractivity contribution is -0.0512. The van der Waals surface area contributed by atoms with E-state index in [0.717, 1.165) is 0 Å². The van der Waals surface area contributed by atoms with E-state index in [1.54, 1.807) is 16.5 Å². The largest absolute Gasteiger partial charge is 0.493 e. The van der Waals surface area contributed by atoms with Crippen molar-refractivity contribution in [3.63, 3.8) is 0 Å². The van der Waals surface area contributed by atoms with Crippen molar-refractivity contribution in [1.82, 2.24) is 19.2 Å². The molecule has 4 aromatic rings. The molecule has 4 rings (SSSR count). The lowest BCUT2D eigenvalue weighted by Crippen LogP contribution is -2.22. The lowest BCUT2D eigenvalue weighted by Gasteiger charge is -2.10. The zero-order chi connectivity index (χ0) is 22.7. The zero-order valence-electron chi connectivity index (χ0n) is 17.2. The average molecular weight is 443 g/mol. The lowest BCUT2D eigenvalue weighted by atomic mass is 10.2. The monoisotopic (exact) mass is 443 g/mol. The van der Waals surface area contributed by atoms with Crippen LogP contribution in [0.5, 0.6) is 11.5 Å². The Kier molecular flexibility index (Phi) is 5.97. The Morgan fingerprint density at radius 1 is 1.16 bits per heavy atom. The predicted molar refractivity (Wildman–Crippen MR) is 112 cm³/mol. The molecule has 0 unspecified atom stereocenters. The van der Waals surface area contributed by atoms with Gasteiger partial charge in [-0.15, -0.1) is 10.2 Å². The summed E-state index contributed by atoms with van der Waals surface area (Å²) in [5.41, 5.74) is 1.09. The first kappa shape index (κ1) is 21.2. The first-order valence-electron chi connectivity index (χ1n) is 9.67. The van der Waals surface area contributed by atoms with E-state index in [0.29, 0.717) is 34.6 Å². The number of aromatic nitrogens is 4. The Labute approximate surface area is 180 Å². The maximum atomic E-state index is 12.7. The van der Waals surface area contributed by atoms with Gasteiger partial charge >= 0.3 is 6.61 Å². The number of methoxy groups -OCH3 is 1. The van der Waals surface area contributed by atoms with Crippen LogP contribution in [-0.2, 0) is 18.0 Å². The number of hydrogen-bond donors (Lipinski definition) is 0. The van der Waals surface area contributed by atoms with Gasteiger partial charge in [0.1, 0.15) is 0 Å². The summed E-state index contributed by atoms with van der Waals surface area (Å²) in [7, 11) is 1.35. The normalized spacial score (nSPS) is 11.7. The molecule has 0 aliphatic carbocycles. The van der Waals surface area contributed by atoms with Crippen LogP contribution in [0.15, 0.2) is 52.4 Å². The molecule has 2 aromatic carbocycles. The van der Waals surface area contributed by atoms with Gasteiger partial charge in [-0.1, -0.05) is 17.3 Å². The SMILES string of the molecule is CCn1c(=O)c2ccccc2n2c(CO/N=C/c3ccc(OC(F)F)c(OC)c3)nnc12. The molecule has 0 amide bonds. The van der Waals surface area contributed by atoms with Crippen LogP contribution in [0.1, 0.15) is 18.3 Å². The summed E-state index contributed by atoms with van der Waals surface area (Å²) in [6.07, 6.45) is 1.40. The highest BCUT2D eigenvalue weighted by molar-refractivity contribution is 5.81. The van der Waals surface area contributed by atoms with Crippen molar-refractivity contribution in [2.45, 2.75) is 26.7 Å². The molecule has 2 heterocycles. The smallest absolute Gasteiger partial charge is 0.387 e. The minimum absolute atomic E-state index is 0.00666. The second-order valence-corrected chi connectivity index (χ2v) is 6.61. The number of halogens is 2. The maximum absolute atomic E-state index is 12.7. The van der Waals surface area contributed by atoms with Gasteiger partial charge < -0.3 is 14.3 Å². The van der Waals surface area contributed by atoms with Crippen molar-refractivity contribution in [2.24, 2.45) is 5.16 Å². The van der Waals surface area contributed by atoms with Crippen molar-refractivity contribution in [3.8, 4) is 11.5 Å². The third kappa shape index (κ3) is 3.96. The number of aryl methyl sites for hydroxylation is 1. The first-order chi connectivity index (χ1) is 15.5. The Morgan fingerprint density at radius 2 is 1.97 bits per heavy atom. The number of nitrogens with zero attached hydrogens (tertiary/aromatic N) is 5. The summed E-state index contributed by atoms with van der Waals surface area (Å²) < 4.78 is 37.6. The number of fused-ring (bicyclic) bond motifs is 3. The second-order valence-electron chi connectivity index (χ2n) is 6.61. The van der Waals surface area contributed by atoms with E-state index in [2.05, 4.69) is 20.1 Å². The van der Waals surface area contributed by atoms with Crippen LogP contribution in [-0.4, -0.2) is 39.1 Å². The van der Waals surface area contributed by atoms with Gasteiger partial charge in [-0.25, -0.2) is 0 Å². The van der Waals surface area contributed by atoms with Gasteiger partial charge in [-0.3, -0.25) is 13.8 Å². The number of benzene rings is 2. The highest BCUT2D eigenvalue weighted by Gasteiger charge is 2.16. The molecule has 166 valence electrons. The molecule has 0 saturated carbocycles. The Balaban J connectivity index is 1.57. The van der Waals surface area contributed by atoms with Crippen molar-refractivity contribution in [3.05, 3.63) is 64.2 Å². The van der Waals surface area contributed by atoms with Crippen LogP contribution < -0.4 is 15.0 Å². The van der Waals surface area contributed by atoms with Crippen LogP contribution in [0.25, 0.3) is 16.7 Å². The summed E-state index contributed by atoms with van der Waals surface area (Å²) in [5, 5.41) is 12.8. The summed E-state index contributed by atoms with van der Waals surface area (Å²) in [4.78, 5) is 18.1. The fourth-order valence-electron chi connectivity index (χ4n) is 3.34.